The van der Waals surface area contributed by atoms with Crippen molar-refractivity contribution in [3.8, 4) is 0 Å². The molecule has 3 rings (SSSR count). The third-order valence-electron chi connectivity index (χ3n) is 3.79. The maximum atomic E-state index is 14.6. The lowest BCUT2D eigenvalue weighted by Gasteiger charge is -2.06. The Hall–Kier alpha value is -1.18. The van der Waals surface area contributed by atoms with Crippen LogP contribution in [0.5, 0.6) is 0 Å². The molecule has 1 aromatic carbocycles. The molecule has 2 heteroatoms. The van der Waals surface area contributed by atoms with Crippen molar-refractivity contribution >= 4 is 5.78 Å². The highest BCUT2D eigenvalue weighted by molar-refractivity contribution is 5.87. The van der Waals surface area contributed by atoms with Crippen LogP contribution in [0.1, 0.15) is 24.8 Å². The molecule has 78 valence electrons. The van der Waals surface area contributed by atoms with Crippen molar-refractivity contribution in [3.63, 3.8) is 0 Å². The minimum absolute atomic E-state index is 0.0406. The summed E-state index contributed by atoms with van der Waals surface area (Å²) in [7, 11) is 0. The number of rotatable bonds is 1. The van der Waals surface area contributed by atoms with Crippen LogP contribution in [0, 0.1) is 11.8 Å². The lowest BCUT2D eigenvalue weighted by Crippen LogP contribution is -2.10. The van der Waals surface area contributed by atoms with Crippen molar-refractivity contribution in [3.05, 3.63) is 35.9 Å². The standard InChI is InChI=1S/C13H13FO/c14-13(9-5-2-1-3-6-9)10-7-4-8-11(15)12(10)13/h1-3,5-6,10,12H,4,7-8H2/t10-,12-,13+/m0/s1. The third kappa shape index (κ3) is 1.11. The molecular formula is C13H13FO. The summed E-state index contributed by atoms with van der Waals surface area (Å²) in [5.41, 5.74) is -0.648. The molecule has 2 aliphatic rings. The van der Waals surface area contributed by atoms with E-state index in [1.165, 1.54) is 0 Å². The zero-order valence-corrected chi connectivity index (χ0v) is 8.45. The van der Waals surface area contributed by atoms with Gasteiger partial charge in [0.1, 0.15) is 11.5 Å². The quantitative estimate of drug-likeness (QED) is 0.687. The Bertz CT molecular complexity index is 400. The van der Waals surface area contributed by atoms with Gasteiger partial charge in [-0.3, -0.25) is 4.79 Å². The summed E-state index contributed by atoms with van der Waals surface area (Å²) in [5, 5.41) is 0. The summed E-state index contributed by atoms with van der Waals surface area (Å²) in [5.74, 6) is -0.257. The van der Waals surface area contributed by atoms with Crippen molar-refractivity contribution in [2.75, 3.05) is 0 Å². The molecule has 1 aromatic rings. The van der Waals surface area contributed by atoms with Crippen LogP contribution in [-0.2, 0) is 10.5 Å². The van der Waals surface area contributed by atoms with Gasteiger partial charge in [-0.25, -0.2) is 4.39 Å². The van der Waals surface area contributed by atoms with Gasteiger partial charge in [0.2, 0.25) is 0 Å². The highest BCUT2D eigenvalue weighted by atomic mass is 19.1. The number of halogens is 1. The number of hydrogen-bond donors (Lipinski definition) is 0. The molecule has 0 bridgehead atoms. The molecule has 2 aliphatic carbocycles. The van der Waals surface area contributed by atoms with Gasteiger partial charge in [-0.2, -0.15) is 0 Å². The maximum Gasteiger partial charge on any atom is 0.149 e. The first-order valence-electron chi connectivity index (χ1n) is 5.51. The summed E-state index contributed by atoms with van der Waals surface area (Å²) in [6, 6.07) is 9.15. The van der Waals surface area contributed by atoms with Crippen LogP contribution in [0.25, 0.3) is 0 Å². The fourth-order valence-corrected chi connectivity index (χ4v) is 3.00. The molecule has 0 unspecified atom stereocenters. The SMILES string of the molecule is O=C1CCC[C@H]2[C@@H]1[C@@]2(F)c1ccccc1. The summed E-state index contributed by atoms with van der Waals surface area (Å²) in [6.45, 7) is 0. The Morgan fingerprint density at radius 3 is 2.67 bits per heavy atom. The largest absolute Gasteiger partial charge is 0.299 e. The Labute approximate surface area is 88.3 Å². The molecule has 0 radical (unpaired) electrons. The van der Waals surface area contributed by atoms with E-state index in [0.717, 1.165) is 12.8 Å². The third-order valence-corrected chi connectivity index (χ3v) is 3.79. The topological polar surface area (TPSA) is 17.1 Å². The smallest absolute Gasteiger partial charge is 0.149 e. The Morgan fingerprint density at radius 1 is 1.27 bits per heavy atom. The van der Waals surface area contributed by atoms with E-state index >= 15 is 0 Å². The van der Waals surface area contributed by atoms with Crippen molar-refractivity contribution in [2.24, 2.45) is 11.8 Å². The summed E-state index contributed by atoms with van der Waals surface area (Å²) in [4.78, 5) is 11.6. The predicted octanol–water partition coefficient (Wildman–Crippen LogP) is 2.85. The van der Waals surface area contributed by atoms with Crippen molar-refractivity contribution in [1.82, 2.24) is 0 Å². The van der Waals surface area contributed by atoms with Crippen molar-refractivity contribution in [1.29, 1.82) is 0 Å². The summed E-state index contributed by atoms with van der Waals surface area (Å²) >= 11 is 0. The number of alkyl halides is 1. The monoisotopic (exact) mass is 204 g/mol. The van der Waals surface area contributed by atoms with Crippen LogP contribution < -0.4 is 0 Å². The first-order valence-corrected chi connectivity index (χ1v) is 5.51. The zero-order chi connectivity index (χ0) is 10.5. The second kappa shape index (κ2) is 2.91. The fourth-order valence-electron chi connectivity index (χ4n) is 3.00. The van der Waals surface area contributed by atoms with Crippen LogP contribution in [-0.4, -0.2) is 5.78 Å². The number of carbonyl (C=O) groups is 1. The predicted molar refractivity (Wildman–Crippen MR) is 55.1 cm³/mol. The van der Waals surface area contributed by atoms with Gasteiger partial charge in [-0.15, -0.1) is 0 Å². The minimum Gasteiger partial charge on any atom is -0.299 e. The molecule has 0 spiro atoms. The molecule has 0 heterocycles. The second-order valence-corrected chi connectivity index (χ2v) is 4.58. The molecule has 1 nitrogen and oxygen atoms in total. The van der Waals surface area contributed by atoms with Gasteiger partial charge in [0, 0.05) is 12.3 Å². The maximum absolute atomic E-state index is 14.6. The van der Waals surface area contributed by atoms with E-state index in [2.05, 4.69) is 0 Å². The lowest BCUT2D eigenvalue weighted by atomic mass is 10.00. The van der Waals surface area contributed by atoms with Gasteiger partial charge >= 0.3 is 0 Å². The molecule has 0 N–H and O–H groups in total. The van der Waals surface area contributed by atoms with E-state index in [1.807, 2.05) is 18.2 Å². The van der Waals surface area contributed by atoms with Crippen molar-refractivity contribution in [2.45, 2.75) is 24.9 Å². The average molecular weight is 204 g/mol. The lowest BCUT2D eigenvalue weighted by molar-refractivity contribution is -0.122. The number of benzene rings is 1. The van der Waals surface area contributed by atoms with E-state index < -0.39 is 5.67 Å². The molecule has 2 saturated carbocycles. The van der Waals surface area contributed by atoms with Crippen LogP contribution in [0.4, 0.5) is 4.39 Å². The summed E-state index contributed by atoms with van der Waals surface area (Å²) in [6.07, 6.45) is 2.29. The molecule has 3 atom stereocenters. The number of fused-ring (bicyclic) bond motifs is 1. The van der Waals surface area contributed by atoms with E-state index in [4.69, 9.17) is 0 Å². The van der Waals surface area contributed by atoms with Gasteiger partial charge in [0.15, 0.2) is 0 Å². The van der Waals surface area contributed by atoms with E-state index in [0.29, 0.717) is 12.0 Å². The normalized spacial score (nSPS) is 38.6. The molecular weight excluding hydrogens is 191 g/mol. The molecule has 15 heavy (non-hydrogen) atoms. The molecule has 0 aliphatic heterocycles. The molecule has 0 saturated heterocycles. The molecule has 2 fully saturated rings. The fraction of sp³-hybridized carbons (Fsp3) is 0.462. The minimum atomic E-state index is -1.34. The number of ketones is 1. The summed E-state index contributed by atoms with van der Waals surface area (Å²) < 4.78 is 14.6. The van der Waals surface area contributed by atoms with Crippen LogP contribution in [0.15, 0.2) is 30.3 Å². The van der Waals surface area contributed by atoms with Crippen LogP contribution in [0.2, 0.25) is 0 Å². The van der Waals surface area contributed by atoms with Crippen molar-refractivity contribution < 1.29 is 9.18 Å². The zero-order valence-electron chi connectivity index (χ0n) is 8.45. The molecule has 0 amide bonds. The van der Waals surface area contributed by atoms with E-state index in [1.54, 1.807) is 12.1 Å². The van der Waals surface area contributed by atoms with Gasteiger partial charge in [-0.1, -0.05) is 30.3 Å². The average Bonchev–Trinajstić information content (AvgIpc) is 2.89. The second-order valence-electron chi connectivity index (χ2n) is 4.58. The number of hydrogen-bond acceptors (Lipinski definition) is 1. The van der Waals surface area contributed by atoms with E-state index in [9.17, 15) is 9.18 Å². The number of carbonyl (C=O) groups excluding carboxylic acids is 1. The Balaban J connectivity index is 1.97. The van der Waals surface area contributed by atoms with Gasteiger partial charge in [0.05, 0.1) is 5.92 Å². The van der Waals surface area contributed by atoms with E-state index in [-0.39, 0.29) is 17.6 Å². The van der Waals surface area contributed by atoms with Gasteiger partial charge < -0.3 is 0 Å². The molecule has 0 aromatic heterocycles. The first kappa shape index (κ1) is 9.08. The highest BCUT2D eigenvalue weighted by Crippen LogP contribution is 2.65. The first-order chi connectivity index (χ1) is 7.24. The Kier molecular flexibility index (Phi) is 1.76. The van der Waals surface area contributed by atoms with Gasteiger partial charge in [-0.05, 0) is 18.4 Å². The Morgan fingerprint density at radius 2 is 2.00 bits per heavy atom. The van der Waals surface area contributed by atoms with Gasteiger partial charge in [0.25, 0.3) is 0 Å². The number of Topliss-reactive ketones (excluding diaryl/α,β-unsaturated/α-hetero) is 1. The van der Waals surface area contributed by atoms with Crippen LogP contribution >= 0.6 is 0 Å². The van der Waals surface area contributed by atoms with Crippen LogP contribution in [0.3, 0.4) is 0 Å². The highest BCUT2D eigenvalue weighted by Gasteiger charge is 2.70.